The minimum Gasteiger partial charge on any atom is -0.452 e. The highest BCUT2D eigenvalue weighted by molar-refractivity contribution is 7.84. The van der Waals surface area contributed by atoms with E-state index in [-0.39, 0.29) is 18.1 Å². The number of thiophene rings is 1. The summed E-state index contributed by atoms with van der Waals surface area (Å²) in [6.45, 7) is 0.139. The van der Waals surface area contributed by atoms with Crippen LogP contribution in [0, 0.1) is 0 Å². The Hall–Kier alpha value is -1.99. The van der Waals surface area contributed by atoms with Crippen molar-refractivity contribution < 1.29 is 18.5 Å². The van der Waals surface area contributed by atoms with Crippen LogP contribution in [-0.4, -0.2) is 35.5 Å². The van der Waals surface area contributed by atoms with Crippen LogP contribution in [0.15, 0.2) is 46.7 Å². The average molecular weight is 351 g/mol. The number of rotatable bonds is 7. The highest BCUT2D eigenvalue weighted by Crippen LogP contribution is 2.13. The molecule has 7 heteroatoms. The van der Waals surface area contributed by atoms with Crippen molar-refractivity contribution in [3.8, 4) is 0 Å². The molecule has 1 aromatic carbocycles. The molecule has 2 aromatic rings. The third kappa shape index (κ3) is 5.30. The first-order valence-corrected chi connectivity index (χ1v) is 9.40. The van der Waals surface area contributed by atoms with Crippen molar-refractivity contribution in [2.45, 2.75) is 11.3 Å². The Balaban J connectivity index is 1.80. The predicted molar refractivity (Wildman–Crippen MR) is 90.1 cm³/mol. The Morgan fingerprint density at radius 1 is 1.22 bits per heavy atom. The largest absolute Gasteiger partial charge is 0.452 e. The lowest BCUT2D eigenvalue weighted by atomic mass is 10.2. The summed E-state index contributed by atoms with van der Waals surface area (Å²) in [6.07, 6.45) is 2.23. The fraction of sp³-hybridized carbons (Fsp3) is 0.250. The van der Waals surface area contributed by atoms with E-state index >= 15 is 0 Å². The molecular weight excluding hydrogens is 334 g/mol. The standard InChI is InChI=1S/C16H17NO4S2/c1-23(20)14-7-3-2-6-13(14)16(19)21-11-15(18)17-9-8-12-5-4-10-22-12/h2-7,10H,8-9,11H2,1H3,(H,17,18)/t23-/m0/s1. The van der Waals surface area contributed by atoms with Gasteiger partial charge in [0.1, 0.15) is 0 Å². The summed E-state index contributed by atoms with van der Waals surface area (Å²) >= 11 is 1.63. The normalized spacial score (nSPS) is 11.7. The fourth-order valence-corrected chi connectivity index (χ4v) is 3.37. The molecular formula is C16H17NO4S2. The first kappa shape index (κ1) is 17.4. The third-order valence-electron chi connectivity index (χ3n) is 3.02. The Morgan fingerprint density at radius 3 is 2.70 bits per heavy atom. The molecule has 2 rings (SSSR count). The number of ether oxygens (including phenoxy) is 1. The van der Waals surface area contributed by atoms with Crippen LogP contribution in [0.1, 0.15) is 15.2 Å². The maximum atomic E-state index is 12.0. The van der Waals surface area contributed by atoms with Crippen molar-refractivity contribution in [2.24, 2.45) is 0 Å². The second kappa shape index (κ2) is 8.59. The molecule has 0 fully saturated rings. The van der Waals surface area contributed by atoms with Gasteiger partial charge in [0.15, 0.2) is 6.61 Å². The summed E-state index contributed by atoms with van der Waals surface area (Å²) in [5.41, 5.74) is 0.222. The van der Waals surface area contributed by atoms with Gasteiger partial charge in [0, 0.05) is 17.7 Å². The molecule has 1 heterocycles. The zero-order valence-electron chi connectivity index (χ0n) is 12.6. The highest BCUT2D eigenvalue weighted by Gasteiger charge is 2.15. The van der Waals surface area contributed by atoms with Crippen LogP contribution in [0.2, 0.25) is 0 Å². The number of benzene rings is 1. The van der Waals surface area contributed by atoms with Gasteiger partial charge in [0.2, 0.25) is 0 Å². The van der Waals surface area contributed by atoms with Crippen LogP contribution in [0.25, 0.3) is 0 Å². The third-order valence-corrected chi connectivity index (χ3v) is 4.94. The SMILES string of the molecule is C[S@](=O)c1ccccc1C(=O)OCC(=O)NCCc1cccs1. The van der Waals surface area contributed by atoms with Gasteiger partial charge >= 0.3 is 5.97 Å². The number of hydrogen-bond donors (Lipinski definition) is 1. The van der Waals surface area contributed by atoms with Gasteiger partial charge in [0.25, 0.3) is 5.91 Å². The zero-order chi connectivity index (χ0) is 16.7. The molecule has 0 saturated carbocycles. The molecule has 1 atom stereocenters. The van der Waals surface area contributed by atoms with Crippen LogP contribution < -0.4 is 5.32 Å². The minimum absolute atomic E-state index is 0.222. The molecule has 1 N–H and O–H groups in total. The molecule has 0 aliphatic rings. The van der Waals surface area contributed by atoms with E-state index in [0.717, 1.165) is 6.42 Å². The summed E-state index contributed by atoms with van der Waals surface area (Å²) in [6, 6.07) is 10.5. The summed E-state index contributed by atoms with van der Waals surface area (Å²) in [7, 11) is -1.30. The van der Waals surface area contributed by atoms with E-state index in [9.17, 15) is 13.8 Å². The van der Waals surface area contributed by atoms with Crippen LogP contribution in [0.4, 0.5) is 0 Å². The van der Waals surface area contributed by atoms with Crippen molar-refractivity contribution in [2.75, 3.05) is 19.4 Å². The summed E-state index contributed by atoms with van der Waals surface area (Å²) in [5.74, 6) is -1.01. The molecule has 0 saturated heterocycles. The lowest BCUT2D eigenvalue weighted by Crippen LogP contribution is -2.30. The van der Waals surface area contributed by atoms with Crippen molar-refractivity contribution in [1.29, 1.82) is 0 Å². The van der Waals surface area contributed by atoms with E-state index in [1.807, 2.05) is 17.5 Å². The number of hydrogen-bond acceptors (Lipinski definition) is 5. The molecule has 23 heavy (non-hydrogen) atoms. The van der Waals surface area contributed by atoms with Crippen molar-refractivity contribution >= 4 is 34.0 Å². The fourth-order valence-electron chi connectivity index (χ4n) is 1.93. The molecule has 5 nitrogen and oxygen atoms in total. The van der Waals surface area contributed by atoms with Gasteiger partial charge in [-0.3, -0.25) is 9.00 Å². The monoisotopic (exact) mass is 351 g/mol. The minimum atomic E-state index is -1.30. The number of amides is 1. The van der Waals surface area contributed by atoms with E-state index in [0.29, 0.717) is 11.4 Å². The van der Waals surface area contributed by atoms with Crippen LogP contribution in [-0.2, 0) is 26.8 Å². The van der Waals surface area contributed by atoms with Gasteiger partial charge in [-0.05, 0) is 30.0 Å². The van der Waals surface area contributed by atoms with Crippen LogP contribution >= 0.6 is 11.3 Å². The van der Waals surface area contributed by atoms with E-state index < -0.39 is 16.8 Å². The molecule has 0 bridgehead atoms. The smallest absolute Gasteiger partial charge is 0.339 e. The van der Waals surface area contributed by atoms with Crippen molar-refractivity contribution in [3.63, 3.8) is 0 Å². The number of carbonyl (C=O) groups excluding carboxylic acids is 2. The average Bonchev–Trinajstić information content (AvgIpc) is 3.06. The van der Waals surface area contributed by atoms with E-state index in [2.05, 4.69) is 5.32 Å². The molecule has 1 aromatic heterocycles. The van der Waals surface area contributed by atoms with Gasteiger partial charge in [-0.15, -0.1) is 11.3 Å². The van der Waals surface area contributed by atoms with Gasteiger partial charge in [0.05, 0.1) is 21.3 Å². The maximum absolute atomic E-state index is 12.0. The molecule has 1 amide bonds. The lowest BCUT2D eigenvalue weighted by Gasteiger charge is -2.08. The van der Waals surface area contributed by atoms with E-state index in [1.54, 1.807) is 29.5 Å². The second-order valence-electron chi connectivity index (χ2n) is 4.71. The quantitative estimate of drug-likeness (QED) is 0.775. The van der Waals surface area contributed by atoms with Gasteiger partial charge in [-0.2, -0.15) is 0 Å². The first-order valence-electron chi connectivity index (χ1n) is 6.96. The van der Waals surface area contributed by atoms with Gasteiger partial charge < -0.3 is 10.1 Å². The van der Waals surface area contributed by atoms with Crippen LogP contribution in [0.5, 0.6) is 0 Å². The van der Waals surface area contributed by atoms with Gasteiger partial charge in [-0.1, -0.05) is 18.2 Å². The molecule has 0 aliphatic carbocycles. The van der Waals surface area contributed by atoms with Crippen molar-refractivity contribution in [1.82, 2.24) is 5.32 Å². The number of esters is 1. The summed E-state index contributed by atoms with van der Waals surface area (Å²) in [5, 5.41) is 4.68. The number of nitrogens with one attached hydrogen (secondary N) is 1. The molecule has 0 unspecified atom stereocenters. The Labute approximate surface area is 141 Å². The molecule has 0 spiro atoms. The second-order valence-corrected chi connectivity index (χ2v) is 7.09. The topological polar surface area (TPSA) is 72.5 Å². The van der Waals surface area contributed by atoms with E-state index in [4.69, 9.17) is 4.74 Å². The number of carbonyl (C=O) groups is 2. The maximum Gasteiger partial charge on any atom is 0.339 e. The van der Waals surface area contributed by atoms with Crippen molar-refractivity contribution in [3.05, 3.63) is 52.2 Å². The Bertz CT molecular complexity index is 698. The van der Waals surface area contributed by atoms with E-state index in [1.165, 1.54) is 17.2 Å². The predicted octanol–water partition coefficient (Wildman–Crippen LogP) is 2.00. The Kier molecular flexibility index (Phi) is 6.49. The molecule has 0 radical (unpaired) electrons. The molecule has 0 aliphatic heterocycles. The lowest BCUT2D eigenvalue weighted by molar-refractivity contribution is -0.124. The van der Waals surface area contributed by atoms with Crippen LogP contribution in [0.3, 0.4) is 0 Å². The zero-order valence-corrected chi connectivity index (χ0v) is 14.2. The summed E-state index contributed by atoms with van der Waals surface area (Å²) in [4.78, 5) is 25.3. The Morgan fingerprint density at radius 2 is 2.00 bits per heavy atom. The van der Waals surface area contributed by atoms with Gasteiger partial charge in [-0.25, -0.2) is 4.79 Å². The molecule has 122 valence electrons. The first-order chi connectivity index (χ1) is 11.1. The summed E-state index contributed by atoms with van der Waals surface area (Å²) < 4.78 is 16.6. The highest BCUT2D eigenvalue weighted by atomic mass is 32.2.